The zero-order chi connectivity index (χ0) is 14.8. The Balaban J connectivity index is 2.21. The van der Waals surface area contributed by atoms with E-state index in [0.717, 1.165) is 12.8 Å². The van der Waals surface area contributed by atoms with Gasteiger partial charge in [-0.1, -0.05) is 15.9 Å². The summed E-state index contributed by atoms with van der Waals surface area (Å²) in [4.78, 5) is 0.113. The Labute approximate surface area is 127 Å². The van der Waals surface area contributed by atoms with Gasteiger partial charge in [0.15, 0.2) is 0 Å². The first-order chi connectivity index (χ1) is 9.42. The lowest BCUT2D eigenvalue weighted by atomic mass is 10.1. The molecular weight excluding hydrogens is 346 g/mol. The van der Waals surface area contributed by atoms with Crippen molar-refractivity contribution in [3.05, 3.63) is 22.7 Å². The molecule has 2 rings (SSSR count). The Morgan fingerprint density at radius 3 is 2.70 bits per heavy atom. The Morgan fingerprint density at radius 1 is 1.45 bits per heavy atom. The van der Waals surface area contributed by atoms with Gasteiger partial charge in [0.1, 0.15) is 10.6 Å². The fraction of sp³-hybridized carbons (Fsp3) is 0.538. The first-order valence-electron chi connectivity index (χ1n) is 6.45. The Kier molecular flexibility index (Phi) is 4.73. The first kappa shape index (κ1) is 15.8. The van der Waals surface area contributed by atoms with Crippen LogP contribution in [0.1, 0.15) is 19.8 Å². The van der Waals surface area contributed by atoms with Crippen LogP contribution in [0.15, 0.2) is 27.6 Å². The second-order valence-electron chi connectivity index (χ2n) is 5.01. The average molecular weight is 364 g/mol. The lowest BCUT2D eigenvalue weighted by Crippen LogP contribution is -2.32. The quantitative estimate of drug-likeness (QED) is 0.775. The third-order valence-corrected chi connectivity index (χ3v) is 5.34. The molecule has 20 heavy (non-hydrogen) atoms. The van der Waals surface area contributed by atoms with E-state index >= 15 is 0 Å². The number of halogens is 1. The summed E-state index contributed by atoms with van der Waals surface area (Å²) >= 11 is 3.27. The predicted octanol–water partition coefficient (Wildman–Crippen LogP) is 1.90. The summed E-state index contributed by atoms with van der Waals surface area (Å²) in [6.07, 6.45) is 1.70. The normalized spacial score (nSPS) is 16.9. The second-order valence-corrected chi connectivity index (χ2v) is 7.66. The van der Waals surface area contributed by atoms with Crippen LogP contribution in [0.3, 0.4) is 0 Å². The molecule has 0 amide bonds. The van der Waals surface area contributed by atoms with E-state index in [2.05, 4.69) is 20.7 Å². The molecule has 1 aliphatic rings. The summed E-state index contributed by atoms with van der Waals surface area (Å²) in [5.41, 5.74) is -0.273. The molecule has 1 fully saturated rings. The standard InChI is InChI=1S/C13H18BrNO4S/c1-2-19-11-4-3-10(14)7-12(11)20(17,18)15-8-13(9-16)5-6-13/h3-4,7,15-16H,2,5-6,8-9H2,1H3. The summed E-state index contributed by atoms with van der Waals surface area (Å²) in [5, 5.41) is 9.24. The number of nitrogens with one attached hydrogen (secondary N) is 1. The molecule has 0 unspecified atom stereocenters. The molecule has 0 aromatic heterocycles. The van der Waals surface area contributed by atoms with E-state index < -0.39 is 10.0 Å². The summed E-state index contributed by atoms with van der Waals surface area (Å²) in [5.74, 6) is 0.331. The van der Waals surface area contributed by atoms with Crippen molar-refractivity contribution >= 4 is 26.0 Å². The number of hydrogen-bond donors (Lipinski definition) is 2. The van der Waals surface area contributed by atoms with Crippen molar-refractivity contribution in [2.45, 2.75) is 24.7 Å². The molecular formula is C13H18BrNO4S. The van der Waals surface area contributed by atoms with Crippen LogP contribution in [0.25, 0.3) is 0 Å². The van der Waals surface area contributed by atoms with Gasteiger partial charge < -0.3 is 9.84 Å². The van der Waals surface area contributed by atoms with Crippen molar-refractivity contribution in [3.63, 3.8) is 0 Å². The lowest BCUT2D eigenvalue weighted by molar-refractivity contribution is 0.213. The maximum Gasteiger partial charge on any atom is 0.244 e. The molecule has 0 aliphatic heterocycles. The number of hydrogen-bond acceptors (Lipinski definition) is 4. The minimum absolute atomic E-state index is 0.00627. The highest BCUT2D eigenvalue weighted by Crippen LogP contribution is 2.44. The maximum atomic E-state index is 12.4. The van der Waals surface area contributed by atoms with Crippen LogP contribution < -0.4 is 9.46 Å². The molecule has 1 aromatic rings. The van der Waals surface area contributed by atoms with Crippen molar-refractivity contribution in [1.82, 2.24) is 4.72 Å². The minimum atomic E-state index is -3.66. The van der Waals surface area contributed by atoms with Crippen LogP contribution >= 0.6 is 15.9 Å². The van der Waals surface area contributed by atoms with Crippen LogP contribution in [-0.4, -0.2) is 33.3 Å². The largest absolute Gasteiger partial charge is 0.492 e. The van der Waals surface area contributed by atoms with E-state index in [-0.39, 0.29) is 23.5 Å². The van der Waals surface area contributed by atoms with Gasteiger partial charge in [-0.15, -0.1) is 0 Å². The molecule has 1 aliphatic carbocycles. The van der Waals surface area contributed by atoms with Crippen molar-refractivity contribution in [1.29, 1.82) is 0 Å². The molecule has 0 bridgehead atoms. The summed E-state index contributed by atoms with van der Waals surface area (Å²) in [6, 6.07) is 4.88. The third-order valence-electron chi connectivity index (χ3n) is 3.42. The lowest BCUT2D eigenvalue weighted by Gasteiger charge is -2.15. The molecule has 0 atom stereocenters. The fourth-order valence-electron chi connectivity index (χ4n) is 1.86. The Morgan fingerprint density at radius 2 is 2.15 bits per heavy atom. The monoisotopic (exact) mass is 363 g/mol. The molecule has 5 nitrogen and oxygen atoms in total. The van der Waals surface area contributed by atoms with Gasteiger partial charge in [0.25, 0.3) is 0 Å². The third kappa shape index (κ3) is 3.52. The average Bonchev–Trinajstić information content (AvgIpc) is 3.20. The molecule has 1 aromatic carbocycles. The van der Waals surface area contributed by atoms with Crippen molar-refractivity contribution in [2.24, 2.45) is 5.41 Å². The fourth-order valence-corrected chi connectivity index (χ4v) is 3.70. The molecule has 0 heterocycles. The van der Waals surface area contributed by atoms with Gasteiger partial charge in [-0.3, -0.25) is 0 Å². The van der Waals surface area contributed by atoms with E-state index in [0.29, 0.717) is 16.8 Å². The van der Waals surface area contributed by atoms with E-state index in [1.54, 1.807) is 19.1 Å². The topological polar surface area (TPSA) is 75.6 Å². The van der Waals surface area contributed by atoms with Gasteiger partial charge in [-0.05, 0) is 38.0 Å². The highest BCUT2D eigenvalue weighted by Gasteiger charge is 2.42. The zero-order valence-electron chi connectivity index (χ0n) is 11.2. The van der Waals surface area contributed by atoms with E-state index in [4.69, 9.17) is 4.74 Å². The Hall–Kier alpha value is -0.630. The molecule has 2 N–H and O–H groups in total. The summed E-state index contributed by atoms with van der Waals surface area (Å²) < 4.78 is 33.4. The molecule has 7 heteroatoms. The molecule has 0 spiro atoms. The van der Waals surface area contributed by atoms with E-state index in [1.807, 2.05) is 0 Å². The number of aliphatic hydroxyl groups is 1. The molecule has 112 valence electrons. The van der Waals surface area contributed by atoms with Gasteiger partial charge in [0.2, 0.25) is 10.0 Å². The van der Waals surface area contributed by atoms with Gasteiger partial charge in [-0.2, -0.15) is 0 Å². The summed E-state index contributed by atoms with van der Waals surface area (Å²) in [7, 11) is -3.66. The van der Waals surface area contributed by atoms with Gasteiger partial charge in [-0.25, -0.2) is 13.1 Å². The number of rotatable bonds is 7. The number of aliphatic hydroxyl groups excluding tert-OH is 1. The minimum Gasteiger partial charge on any atom is -0.492 e. The number of ether oxygens (including phenoxy) is 1. The van der Waals surface area contributed by atoms with Crippen molar-refractivity contribution < 1.29 is 18.3 Å². The van der Waals surface area contributed by atoms with Crippen LogP contribution in [0.5, 0.6) is 5.75 Å². The highest BCUT2D eigenvalue weighted by atomic mass is 79.9. The maximum absolute atomic E-state index is 12.4. The van der Waals surface area contributed by atoms with Gasteiger partial charge >= 0.3 is 0 Å². The highest BCUT2D eigenvalue weighted by molar-refractivity contribution is 9.10. The zero-order valence-corrected chi connectivity index (χ0v) is 13.6. The Bertz CT molecular complexity index is 584. The van der Waals surface area contributed by atoms with Crippen LogP contribution in [0.4, 0.5) is 0 Å². The second kappa shape index (κ2) is 6.01. The molecule has 0 radical (unpaired) electrons. The number of benzene rings is 1. The van der Waals surface area contributed by atoms with Crippen LogP contribution in [0.2, 0.25) is 0 Å². The first-order valence-corrected chi connectivity index (χ1v) is 8.73. The van der Waals surface area contributed by atoms with Gasteiger partial charge in [0.05, 0.1) is 6.61 Å². The SMILES string of the molecule is CCOc1ccc(Br)cc1S(=O)(=O)NCC1(CO)CC1. The predicted molar refractivity (Wildman–Crippen MR) is 79.3 cm³/mol. The molecule has 1 saturated carbocycles. The van der Waals surface area contributed by atoms with Crippen molar-refractivity contribution in [2.75, 3.05) is 19.8 Å². The van der Waals surface area contributed by atoms with Gasteiger partial charge in [0, 0.05) is 23.0 Å². The van der Waals surface area contributed by atoms with E-state index in [9.17, 15) is 13.5 Å². The summed E-state index contributed by atoms with van der Waals surface area (Å²) in [6.45, 7) is 2.46. The van der Waals surface area contributed by atoms with E-state index in [1.165, 1.54) is 6.07 Å². The number of sulfonamides is 1. The smallest absolute Gasteiger partial charge is 0.244 e. The molecule has 0 saturated heterocycles. The van der Waals surface area contributed by atoms with Crippen molar-refractivity contribution in [3.8, 4) is 5.75 Å². The van der Waals surface area contributed by atoms with Crippen LogP contribution in [-0.2, 0) is 10.0 Å². The van der Waals surface area contributed by atoms with Crippen LogP contribution in [0, 0.1) is 5.41 Å².